The Bertz CT molecular complexity index is 922. The molecule has 0 saturated heterocycles. The number of hydrogen-bond acceptors (Lipinski definition) is 3. The second-order valence-electron chi connectivity index (χ2n) is 6.95. The number of pyridine rings is 1. The van der Waals surface area contributed by atoms with Crippen molar-refractivity contribution in [2.75, 3.05) is 12.0 Å². The maximum Gasteiger partial charge on any atom is 0.0751 e. The van der Waals surface area contributed by atoms with Gasteiger partial charge in [0.25, 0.3) is 0 Å². The van der Waals surface area contributed by atoms with E-state index in [2.05, 4.69) is 57.9 Å². The summed E-state index contributed by atoms with van der Waals surface area (Å²) in [6.07, 6.45) is 4.68. The van der Waals surface area contributed by atoms with Crippen LogP contribution in [-0.4, -0.2) is 16.5 Å². The van der Waals surface area contributed by atoms with Gasteiger partial charge >= 0.3 is 0 Å². The summed E-state index contributed by atoms with van der Waals surface area (Å²) in [5.74, 6) is 0. The van der Waals surface area contributed by atoms with Gasteiger partial charge in [-0.2, -0.15) is 0 Å². The lowest BCUT2D eigenvalue weighted by Gasteiger charge is -2.27. The van der Waals surface area contributed by atoms with Crippen LogP contribution in [0.5, 0.6) is 0 Å². The molecule has 0 bridgehead atoms. The van der Waals surface area contributed by atoms with E-state index in [4.69, 9.17) is 5.32 Å². The molecule has 1 N–H and O–H groups in total. The van der Waals surface area contributed by atoms with E-state index < -0.39 is 0 Å². The van der Waals surface area contributed by atoms with Gasteiger partial charge in [0.05, 0.1) is 11.7 Å². The first-order valence-corrected chi connectivity index (χ1v) is 9.15. The SMILES string of the molecule is c1ccc2c(c1)CC[N]C2c1cccc2c1CN(Nc1ccncc1)C2. The fourth-order valence-corrected chi connectivity index (χ4v) is 4.10. The van der Waals surface area contributed by atoms with Crippen LogP contribution < -0.4 is 10.7 Å². The second kappa shape index (κ2) is 6.56. The summed E-state index contributed by atoms with van der Waals surface area (Å²) in [4.78, 5) is 4.09. The molecule has 1 unspecified atom stereocenters. The number of benzene rings is 2. The number of rotatable bonds is 3. The zero-order chi connectivity index (χ0) is 17.3. The third kappa shape index (κ3) is 2.77. The van der Waals surface area contributed by atoms with Crippen LogP contribution >= 0.6 is 0 Å². The zero-order valence-corrected chi connectivity index (χ0v) is 14.6. The summed E-state index contributed by atoms with van der Waals surface area (Å²) < 4.78 is 0. The van der Waals surface area contributed by atoms with Crippen LogP contribution in [0.4, 0.5) is 5.69 Å². The molecular weight excluding hydrogens is 320 g/mol. The highest BCUT2D eigenvalue weighted by molar-refractivity contribution is 5.48. The number of hydrazine groups is 1. The number of nitrogens with one attached hydrogen (secondary N) is 1. The Morgan fingerprint density at radius 2 is 1.65 bits per heavy atom. The summed E-state index contributed by atoms with van der Waals surface area (Å²) in [7, 11) is 0. The van der Waals surface area contributed by atoms with E-state index in [1.807, 2.05) is 24.5 Å². The monoisotopic (exact) mass is 341 g/mol. The summed E-state index contributed by atoms with van der Waals surface area (Å²) in [5.41, 5.74) is 11.5. The molecule has 26 heavy (non-hydrogen) atoms. The fourth-order valence-electron chi connectivity index (χ4n) is 4.10. The van der Waals surface area contributed by atoms with E-state index in [-0.39, 0.29) is 6.04 Å². The van der Waals surface area contributed by atoms with Crippen molar-refractivity contribution < 1.29 is 0 Å². The van der Waals surface area contributed by atoms with Crippen molar-refractivity contribution >= 4 is 5.69 Å². The molecule has 2 aliphatic heterocycles. The molecule has 1 radical (unpaired) electrons. The van der Waals surface area contributed by atoms with Gasteiger partial charge in [0, 0.05) is 32.0 Å². The van der Waals surface area contributed by atoms with Crippen molar-refractivity contribution in [3.8, 4) is 0 Å². The number of anilines is 1. The minimum atomic E-state index is 0.163. The Hall–Kier alpha value is -2.69. The minimum absolute atomic E-state index is 0.163. The van der Waals surface area contributed by atoms with Crippen LogP contribution in [0.25, 0.3) is 0 Å². The average molecular weight is 341 g/mol. The molecule has 0 saturated carbocycles. The molecule has 129 valence electrons. The van der Waals surface area contributed by atoms with E-state index in [0.717, 1.165) is 31.7 Å². The molecule has 4 nitrogen and oxygen atoms in total. The van der Waals surface area contributed by atoms with E-state index in [9.17, 15) is 0 Å². The molecule has 0 fully saturated rings. The average Bonchev–Trinajstić information content (AvgIpc) is 3.11. The Balaban J connectivity index is 1.45. The van der Waals surface area contributed by atoms with Crippen molar-refractivity contribution in [1.29, 1.82) is 0 Å². The van der Waals surface area contributed by atoms with Crippen LogP contribution in [-0.2, 0) is 19.5 Å². The Kier molecular flexibility index (Phi) is 3.92. The van der Waals surface area contributed by atoms with Gasteiger partial charge in [0.1, 0.15) is 0 Å². The van der Waals surface area contributed by atoms with Gasteiger partial charge in [0.2, 0.25) is 0 Å². The molecule has 0 spiro atoms. The number of hydrogen-bond donors (Lipinski definition) is 1. The maximum atomic E-state index is 4.98. The molecular formula is C22H21N4. The third-order valence-corrected chi connectivity index (χ3v) is 5.32. The van der Waals surface area contributed by atoms with E-state index in [0.29, 0.717) is 0 Å². The molecule has 1 aromatic heterocycles. The van der Waals surface area contributed by atoms with Gasteiger partial charge in [-0.05, 0) is 46.4 Å². The maximum absolute atomic E-state index is 4.98. The summed E-state index contributed by atoms with van der Waals surface area (Å²) in [5, 5.41) is 7.24. The zero-order valence-electron chi connectivity index (χ0n) is 14.6. The highest BCUT2D eigenvalue weighted by atomic mass is 15.5. The van der Waals surface area contributed by atoms with Crippen LogP contribution in [0.2, 0.25) is 0 Å². The van der Waals surface area contributed by atoms with E-state index in [1.165, 1.54) is 27.8 Å². The first kappa shape index (κ1) is 15.6. The topological polar surface area (TPSA) is 42.3 Å². The normalized spacial score (nSPS) is 19.0. The van der Waals surface area contributed by atoms with Crippen molar-refractivity contribution in [1.82, 2.24) is 15.3 Å². The molecule has 3 aromatic rings. The molecule has 2 aliphatic rings. The van der Waals surface area contributed by atoms with Crippen molar-refractivity contribution in [3.05, 3.63) is 94.8 Å². The predicted octanol–water partition coefficient (Wildman–Crippen LogP) is 3.67. The third-order valence-electron chi connectivity index (χ3n) is 5.32. The molecule has 4 heteroatoms. The molecule has 2 aromatic carbocycles. The molecule has 1 atom stereocenters. The largest absolute Gasteiger partial charge is 0.318 e. The van der Waals surface area contributed by atoms with Crippen molar-refractivity contribution in [2.45, 2.75) is 25.6 Å². The van der Waals surface area contributed by atoms with Gasteiger partial charge in [-0.3, -0.25) is 4.98 Å². The summed E-state index contributed by atoms with van der Waals surface area (Å²) in [6, 6.07) is 19.6. The van der Waals surface area contributed by atoms with Gasteiger partial charge < -0.3 is 5.43 Å². The smallest absolute Gasteiger partial charge is 0.0751 e. The predicted molar refractivity (Wildman–Crippen MR) is 103 cm³/mol. The Morgan fingerprint density at radius 3 is 2.58 bits per heavy atom. The quantitative estimate of drug-likeness (QED) is 0.790. The fraction of sp³-hybridized carbons (Fsp3) is 0.227. The lowest BCUT2D eigenvalue weighted by molar-refractivity contribution is 0.346. The van der Waals surface area contributed by atoms with Gasteiger partial charge in [-0.1, -0.05) is 42.5 Å². The van der Waals surface area contributed by atoms with Crippen LogP contribution in [0.3, 0.4) is 0 Å². The number of aromatic nitrogens is 1. The van der Waals surface area contributed by atoms with E-state index >= 15 is 0 Å². The Labute approximate surface area is 153 Å². The summed E-state index contributed by atoms with van der Waals surface area (Å²) in [6.45, 7) is 2.70. The minimum Gasteiger partial charge on any atom is -0.318 e. The van der Waals surface area contributed by atoms with Crippen molar-refractivity contribution in [2.24, 2.45) is 0 Å². The lowest BCUT2D eigenvalue weighted by Crippen LogP contribution is -2.26. The highest BCUT2D eigenvalue weighted by Gasteiger charge is 2.28. The molecule has 5 rings (SSSR count). The van der Waals surface area contributed by atoms with Crippen molar-refractivity contribution in [3.63, 3.8) is 0 Å². The van der Waals surface area contributed by atoms with Crippen LogP contribution in [0.15, 0.2) is 67.0 Å². The van der Waals surface area contributed by atoms with Gasteiger partial charge in [-0.15, -0.1) is 0 Å². The molecule has 3 heterocycles. The Morgan fingerprint density at radius 1 is 0.846 bits per heavy atom. The van der Waals surface area contributed by atoms with Crippen LogP contribution in [0.1, 0.15) is 33.9 Å². The first-order valence-electron chi connectivity index (χ1n) is 9.15. The number of fused-ring (bicyclic) bond motifs is 2. The van der Waals surface area contributed by atoms with Gasteiger partial charge in [-0.25, -0.2) is 10.3 Å². The first-order chi connectivity index (χ1) is 12.9. The highest BCUT2D eigenvalue weighted by Crippen LogP contribution is 2.36. The lowest BCUT2D eigenvalue weighted by atomic mass is 9.87. The summed E-state index contributed by atoms with van der Waals surface area (Å²) >= 11 is 0. The molecule has 0 amide bonds. The van der Waals surface area contributed by atoms with Gasteiger partial charge in [0.15, 0.2) is 0 Å². The standard InChI is InChI=1S/C22H21N4/c1-2-6-19-16(4-1)8-13-24-22(19)20-7-3-5-17-14-26(15-21(17)20)25-18-9-11-23-12-10-18/h1-7,9-12,22H,8,13-15H2,(H,23,25). The van der Waals surface area contributed by atoms with Crippen LogP contribution in [0, 0.1) is 0 Å². The second-order valence-corrected chi connectivity index (χ2v) is 6.95. The molecule has 0 aliphatic carbocycles. The van der Waals surface area contributed by atoms with E-state index in [1.54, 1.807) is 0 Å². The number of nitrogens with zero attached hydrogens (tertiary/aromatic N) is 3.